The number of hydrogen-bond acceptors (Lipinski definition) is 5. The van der Waals surface area contributed by atoms with Gasteiger partial charge in [0.2, 0.25) is 5.88 Å². The van der Waals surface area contributed by atoms with Gasteiger partial charge >= 0.3 is 6.16 Å². The predicted octanol–water partition coefficient (Wildman–Crippen LogP) is 4.36. The van der Waals surface area contributed by atoms with Crippen molar-refractivity contribution in [2.24, 2.45) is 0 Å². The number of carbonyl (C=O) groups excluding carboxylic acids is 1. The maximum absolute atomic E-state index is 13.7. The van der Waals surface area contributed by atoms with E-state index in [0.717, 1.165) is 42.8 Å². The van der Waals surface area contributed by atoms with Crippen molar-refractivity contribution in [2.75, 3.05) is 24.6 Å². The molecule has 2 aromatic heterocycles. The fourth-order valence-electron chi connectivity index (χ4n) is 3.63. The largest absolute Gasteiger partial charge is 0.515 e. The molecule has 1 aliphatic heterocycles. The van der Waals surface area contributed by atoms with Crippen LogP contribution < -0.4 is 9.64 Å². The Kier molecular flexibility index (Phi) is 5.14. The molecule has 1 aliphatic rings. The van der Waals surface area contributed by atoms with E-state index >= 15 is 0 Å². The molecule has 1 aromatic carbocycles. The van der Waals surface area contributed by atoms with Crippen molar-refractivity contribution in [3.63, 3.8) is 0 Å². The molecule has 0 amide bonds. The second-order valence-electron chi connectivity index (χ2n) is 6.74. The Morgan fingerprint density at radius 1 is 1.21 bits per heavy atom. The van der Waals surface area contributed by atoms with Crippen molar-refractivity contribution in [3.8, 4) is 5.88 Å². The van der Waals surface area contributed by atoms with Crippen molar-refractivity contribution in [2.45, 2.75) is 26.3 Å². The molecule has 0 atom stereocenters. The van der Waals surface area contributed by atoms with Crippen molar-refractivity contribution in [1.29, 1.82) is 0 Å². The van der Waals surface area contributed by atoms with Gasteiger partial charge in [-0.2, -0.15) is 0 Å². The Morgan fingerprint density at radius 3 is 2.82 bits per heavy atom. The number of carbonyl (C=O) groups is 1. The van der Waals surface area contributed by atoms with Gasteiger partial charge in [-0.05, 0) is 44.0 Å². The number of pyridine rings is 1. The topological polar surface area (TPSA) is 56.6 Å². The summed E-state index contributed by atoms with van der Waals surface area (Å²) in [5.74, 6) is 0.910. The van der Waals surface area contributed by atoms with Gasteiger partial charge in [0.05, 0.1) is 18.7 Å². The van der Waals surface area contributed by atoms with E-state index in [1.54, 1.807) is 25.3 Å². The highest BCUT2D eigenvalue weighted by atomic mass is 19.1. The highest BCUT2D eigenvalue weighted by Gasteiger charge is 2.20. The molecule has 3 aromatic rings. The average Bonchev–Trinajstić information content (AvgIpc) is 3.31. The Labute approximate surface area is 162 Å². The lowest BCUT2D eigenvalue weighted by Crippen LogP contribution is -2.21. The van der Waals surface area contributed by atoms with E-state index in [0.29, 0.717) is 17.8 Å². The Balaban J connectivity index is 1.74. The second kappa shape index (κ2) is 7.88. The van der Waals surface area contributed by atoms with Gasteiger partial charge in [-0.3, -0.25) is 0 Å². The van der Waals surface area contributed by atoms with Gasteiger partial charge in [0.25, 0.3) is 0 Å². The van der Waals surface area contributed by atoms with Crippen molar-refractivity contribution in [3.05, 3.63) is 54.0 Å². The average molecular weight is 383 g/mol. The first-order valence-electron chi connectivity index (χ1n) is 9.48. The van der Waals surface area contributed by atoms with E-state index in [-0.39, 0.29) is 12.4 Å². The number of ether oxygens (including phenoxy) is 2. The van der Waals surface area contributed by atoms with Crippen LogP contribution in [0.1, 0.15) is 25.3 Å². The van der Waals surface area contributed by atoms with Gasteiger partial charge in [0, 0.05) is 36.3 Å². The summed E-state index contributed by atoms with van der Waals surface area (Å²) in [7, 11) is 0. The predicted molar refractivity (Wildman–Crippen MR) is 104 cm³/mol. The summed E-state index contributed by atoms with van der Waals surface area (Å²) in [4.78, 5) is 18.7. The fraction of sp³-hybridized carbons (Fsp3) is 0.333. The van der Waals surface area contributed by atoms with E-state index in [9.17, 15) is 9.18 Å². The van der Waals surface area contributed by atoms with Crippen molar-refractivity contribution in [1.82, 2.24) is 9.55 Å². The summed E-state index contributed by atoms with van der Waals surface area (Å²) in [6.07, 6.45) is 3.31. The normalized spacial score (nSPS) is 13.9. The summed E-state index contributed by atoms with van der Waals surface area (Å²) < 4.78 is 25.8. The van der Waals surface area contributed by atoms with Crippen LogP contribution in [-0.2, 0) is 11.3 Å². The number of nitrogens with zero attached hydrogens (tertiary/aromatic N) is 3. The van der Waals surface area contributed by atoms with E-state index in [1.165, 1.54) is 12.1 Å². The van der Waals surface area contributed by atoms with Crippen LogP contribution in [0.4, 0.5) is 15.0 Å². The van der Waals surface area contributed by atoms with E-state index in [4.69, 9.17) is 9.47 Å². The second-order valence-corrected chi connectivity index (χ2v) is 6.74. The summed E-state index contributed by atoms with van der Waals surface area (Å²) in [6, 6.07) is 10.1. The lowest BCUT2D eigenvalue weighted by atomic mass is 10.2. The molecule has 0 saturated carbocycles. The lowest BCUT2D eigenvalue weighted by molar-refractivity contribution is 0.101. The molecule has 4 rings (SSSR count). The maximum Gasteiger partial charge on any atom is 0.515 e. The summed E-state index contributed by atoms with van der Waals surface area (Å²) in [5.41, 5.74) is 1.79. The molecule has 7 heteroatoms. The molecular weight excluding hydrogens is 361 g/mol. The first kappa shape index (κ1) is 18.3. The van der Waals surface area contributed by atoms with E-state index < -0.39 is 6.16 Å². The van der Waals surface area contributed by atoms with Crippen LogP contribution in [0.15, 0.2) is 42.6 Å². The van der Waals surface area contributed by atoms with E-state index in [2.05, 4.69) is 9.88 Å². The van der Waals surface area contributed by atoms with Crippen LogP contribution in [0.25, 0.3) is 10.9 Å². The van der Waals surface area contributed by atoms with Gasteiger partial charge in [-0.1, -0.05) is 6.07 Å². The molecular formula is C21H22FN3O3. The Bertz CT molecular complexity index is 996. The monoisotopic (exact) mass is 383 g/mol. The van der Waals surface area contributed by atoms with Crippen molar-refractivity contribution < 1.29 is 18.7 Å². The zero-order valence-corrected chi connectivity index (χ0v) is 15.7. The third kappa shape index (κ3) is 3.65. The molecule has 1 saturated heterocycles. The first-order valence-corrected chi connectivity index (χ1v) is 9.48. The van der Waals surface area contributed by atoms with Crippen LogP contribution in [0.5, 0.6) is 5.88 Å². The molecule has 0 aliphatic carbocycles. The third-order valence-electron chi connectivity index (χ3n) is 4.88. The molecule has 28 heavy (non-hydrogen) atoms. The molecule has 0 bridgehead atoms. The van der Waals surface area contributed by atoms with Crippen LogP contribution in [-0.4, -0.2) is 35.4 Å². The lowest BCUT2D eigenvalue weighted by Gasteiger charge is -2.20. The van der Waals surface area contributed by atoms with Crippen LogP contribution in [0.2, 0.25) is 0 Å². The molecule has 0 spiro atoms. The van der Waals surface area contributed by atoms with Gasteiger partial charge in [-0.15, -0.1) is 0 Å². The Morgan fingerprint density at radius 2 is 2.04 bits per heavy atom. The smallest absolute Gasteiger partial charge is 0.434 e. The standard InChI is InChI=1S/C21H22FN3O3/c1-2-27-21(26)28-19-13-16-12-17(22)7-8-18(16)25(19)14-15-6-5-9-23-20(15)24-10-3-4-11-24/h5-9,12-13H,2-4,10-11,14H2,1H3. The molecule has 3 heterocycles. The minimum Gasteiger partial charge on any atom is -0.434 e. The quantitative estimate of drug-likeness (QED) is 0.613. The molecule has 6 nitrogen and oxygen atoms in total. The maximum atomic E-state index is 13.7. The number of aromatic nitrogens is 2. The molecule has 146 valence electrons. The highest BCUT2D eigenvalue weighted by molar-refractivity contribution is 5.83. The summed E-state index contributed by atoms with van der Waals surface area (Å²) >= 11 is 0. The first-order chi connectivity index (χ1) is 13.7. The number of fused-ring (bicyclic) bond motifs is 1. The minimum absolute atomic E-state index is 0.218. The van der Waals surface area contributed by atoms with E-state index in [1.807, 2.05) is 16.7 Å². The van der Waals surface area contributed by atoms with Gasteiger partial charge in [0.15, 0.2) is 0 Å². The molecule has 0 N–H and O–H groups in total. The van der Waals surface area contributed by atoms with Crippen LogP contribution in [0.3, 0.4) is 0 Å². The van der Waals surface area contributed by atoms with Gasteiger partial charge < -0.3 is 18.9 Å². The number of hydrogen-bond donors (Lipinski definition) is 0. The number of halogens is 1. The number of rotatable bonds is 5. The zero-order valence-electron chi connectivity index (χ0n) is 15.7. The number of benzene rings is 1. The van der Waals surface area contributed by atoms with Gasteiger partial charge in [0.1, 0.15) is 11.6 Å². The number of anilines is 1. The van der Waals surface area contributed by atoms with Crippen molar-refractivity contribution >= 4 is 22.9 Å². The SMILES string of the molecule is CCOC(=O)Oc1cc2cc(F)ccc2n1Cc1cccnc1N1CCCC1. The molecule has 0 unspecified atom stereocenters. The van der Waals surface area contributed by atoms with Gasteiger partial charge in [-0.25, -0.2) is 14.2 Å². The minimum atomic E-state index is -0.780. The molecule has 0 radical (unpaired) electrons. The fourth-order valence-corrected chi connectivity index (χ4v) is 3.63. The highest BCUT2D eigenvalue weighted by Crippen LogP contribution is 2.30. The Hall–Kier alpha value is -3.09. The third-order valence-corrected chi connectivity index (χ3v) is 4.88. The van der Waals surface area contributed by atoms with Crippen LogP contribution in [0, 0.1) is 5.82 Å². The summed E-state index contributed by atoms with van der Waals surface area (Å²) in [6.45, 7) is 4.34. The zero-order chi connectivity index (χ0) is 19.5. The van der Waals surface area contributed by atoms with Crippen LogP contribution >= 0.6 is 0 Å². The molecule has 1 fully saturated rings. The summed E-state index contributed by atoms with van der Waals surface area (Å²) in [5, 5.41) is 0.658.